The molecule has 0 aromatic heterocycles. The summed E-state index contributed by atoms with van der Waals surface area (Å²) in [4.78, 5) is 44.8. The molecule has 7 rings (SSSR count). The molecule has 7 heteroatoms. The van der Waals surface area contributed by atoms with Gasteiger partial charge in [-0.2, -0.15) is 0 Å². The van der Waals surface area contributed by atoms with E-state index in [9.17, 15) is 14.4 Å². The van der Waals surface area contributed by atoms with E-state index in [1.54, 1.807) is 24.3 Å². The number of nitrogens with zero attached hydrogens (tertiary/aromatic N) is 2. The Labute approximate surface area is 207 Å². The summed E-state index contributed by atoms with van der Waals surface area (Å²) in [6.07, 6.45) is 3.83. The van der Waals surface area contributed by atoms with Crippen LogP contribution in [0.5, 0.6) is 11.5 Å². The Kier molecular flexibility index (Phi) is 4.54. The molecular weight excluding hydrogens is 456 g/mol. The third-order valence-corrected chi connectivity index (χ3v) is 7.66. The lowest BCUT2D eigenvalue weighted by Gasteiger charge is -2.35. The van der Waals surface area contributed by atoms with E-state index in [1.807, 2.05) is 65.7 Å². The first-order valence-corrected chi connectivity index (χ1v) is 12.0. The van der Waals surface area contributed by atoms with E-state index in [0.29, 0.717) is 17.1 Å². The van der Waals surface area contributed by atoms with Crippen molar-refractivity contribution in [3.63, 3.8) is 0 Å². The summed E-state index contributed by atoms with van der Waals surface area (Å²) in [7, 11) is 0. The van der Waals surface area contributed by atoms with Crippen LogP contribution in [0.4, 0.5) is 0 Å². The number of hydrogen-bond acceptors (Lipinski definition) is 6. The highest BCUT2D eigenvalue weighted by Gasteiger charge is 2.64. The number of benzene rings is 3. The van der Waals surface area contributed by atoms with Crippen molar-refractivity contribution in [1.82, 2.24) is 9.80 Å². The first-order chi connectivity index (χ1) is 17.6. The molecule has 0 spiro atoms. The van der Waals surface area contributed by atoms with E-state index in [1.165, 1.54) is 4.90 Å². The Morgan fingerprint density at radius 2 is 1.61 bits per heavy atom. The second kappa shape index (κ2) is 7.81. The van der Waals surface area contributed by atoms with Crippen LogP contribution in [0.2, 0.25) is 0 Å². The maximum atomic E-state index is 13.9. The lowest BCUT2D eigenvalue weighted by molar-refractivity contribution is -0.142. The average Bonchev–Trinajstić information content (AvgIpc) is 3.59. The minimum absolute atomic E-state index is 0.123. The number of imide groups is 1. The molecule has 0 saturated carbocycles. The van der Waals surface area contributed by atoms with E-state index < -0.39 is 17.9 Å². The topological polar surface area (TPSA) is 76.1 Å². The largest absolute Gasteiger partial charge is 0.454 e. The van der Waals surface area contributed by atoms with Gasteiger partial charge in [0.05, 0.1) is 24.4 Å². The summed E-state index contributed by atoms with van der Waals surface area (Å²) in [5, 5.41) is 0. The summed E-state index contributed by atoms with van der Waals surface area (Å²) >= 11 is 0. The molecule has 0 radical (unpaired) electrons. The van der Waals surface area contributed by atoms with Crippen molar-refractivity contribution in [1.29, 1.82) is 0 Å². The zero-order valence-electron chi connectivity index (χ0n) is 19.2. The molecule has 4 heterocycles. The number of carbonyl (C=O) groups is 3. The minimum Gasteiger partial charge on any atom is -0.454 e. The van der Waals surface area contributed by atoms with Crippen molar-refractivity contribution >= 4 is 23.7 Å². The molecular formula is C29H22N2O5. The van der Waals surface area contributed by atoms with Gasteiger partial charge in [0, 0.05) is 11.8 Å². The van der Waals surface area contributed by atoms with Crippen molar-refractivity contribution in [2.45, 2.75) is 18.6 Å². The van der Waals surface area contributed by atoms with Crippen LogP contribution < -0.4 is 9.47 Å². The fourth-order valence-corrected chi connectivity index (χ4v) is 6.07. The molecule has 0 aliphatic carbocycles. The average molecular weight is 479 g/mol. The van der Waals surface area contributed by atoms with E-state index in [-0.39, 0.29) is 37.0 Å². The number of carbonyl (C=O) groups excluding carboxylic acids is 3. The van der Waals surface area contributed by atoms with Crippen molar-refractivity contribution in [2.75, 3.05) is 6.79 Å². The van der Waals surface area contributed by atoms with Gasteiger partial charge in [0.25, 0.3) is 0 Å². The van der Waals surface area contributed by atoms with Gasteiger partial charge in [-0.1, -0.05) is 60.7 Å². The number of Topliss-reactive ketones (excluding diaryl/α,β-unsaturated/α-hetero) is 1. The van der Waals surface area contributed by atoms with Crippen LogP contribution in [-0.2, 0) is 16.1 Å². The van der Waals surface area contributed by atoms with E-state index in [0.717, 1.165) is 16.7 Å². The Bertz CT molecular complexity index is 1450. The molecule has 3 aromatic rings. The summed E-state index contributed by atoms with van der Waals surface area (Å²) in [5.41, 5.74) is 3.26. The van der Waals surface area contributed by atoms with Gasteiger partial charge in [-0.3, -0.25) is 19.3 Å². The molecule has 0 N–H and O–H groups in total. The zero-order valence-corrected chi connectivity index (χ0v) is 19.2. The maximum Gasteiger partial charge on any atom is 0.236 e. The monoisotopic (exact) mass is 478 g/mol. The first-order valence-electron chi connectivity index (χ1n) is 12.0. The number of fused-ring (bicyclic) bond motifs is 6. The fraction of sp³-hybridized carbons (Fsp3) is 0.207. The van der Waals surface area contributed by atoms with Crippen LogP contribution in [0.1, 0.15) is 33.1 Å². The highest BCUT2D eigenvalue weighted by Crippen LogP contribution is 2.53. The van der Waals surface area contributed by atoms with Crippen molar-refractivity contribution in [2.24, 2.45) is 11.8 Å². The Balaban J connectivity index is 1.30. The molecule has 2 saturated heterocycles. The van der Waals surface area contributed by atoms with Gasteiger partial charge >= 0.3 is 0 Å². The molecule has 0 unspecified atom stereocenters. The first kappa shape index (κ1) is 20.9. The van der Waals surface area contributed by atoms with Crippen LogP contribution >= 0.6 is 0 Å². The molecule has 2 fully saturated rings. The fourth-order valence-electron chi connectivity index (χ4n) is 6.07. The van der Waals surface area contributed by atoms with Gasteiger partial charge in [-0.25, -0.2) is 0 Å². The lowest BCUT2D eigenvalue weighted by atomic mass is 9.83. The van der Waals surface area contributed by atoms with Crippen LogP contribution in [0, 0.1) is 11.8 Å². The minimum atomic E-state index is -0.764. The Hall–Kier alpha value is -4.39. The summed E-state index contributed by atoms with van der Waals surface area (Å²) < 4.78 is 10.9. The number of ketones is 1. The number of hydrogen-bond donors (Lipinski definition) is 0. The van der Waals surface area contributed by atoms with Crippen molar-refractivity contribution in [3.8, 4) is 11.5 Å². The predicted octanol–water partition coefficient (Wildman–Crippen LogP) is 3.81. The van der Waals surface area contributed by atoms with Gasteiger partial charge in [0.2, 0.25) is 18.6 Å². The third kappa shape index (κ3) is 2.95. The molecule has 4 aliphatic rings. The number of likely N-dealkylation sites (tertiary alicyclic amines) is 1. The molecule has 4 aliphatic heterocycles. The van der Waals surface area contributed by atoms with E-state index in [2.05, 4.69) is 0 Å². The summed E-state index contributed by atoms with van der Waals surface area (Å²) in [5.74, 6) is -0.868. The summed E-state index contributed by atoms with van der Waals surface area (Å²) in [6.45, 7) is 0.274. The molecule has 0 bridgehead atoms. The second-order valence-corrected chi connectivity index (χ2v) is 9.51. The molecule has 3 aromatic carbocycles. The van der Waals surface area contributed by atoms with Crippen LogP contribution in [0.15, 0.2) is 79.0 Å². The number of ether oxygens (including phenoxy) is 2. The Morgan fingerprint density at radius 3 is 2.47 bits per heavy atom. The summed E-state index contributed by atoms with van der Waals surface area (Å²) in [6, 6.07) is 21.1. The molecule has 178 valence electrons. The SMILES string of the molecule is O=C(c1ccccc1)[C@@H]1[C@@H]2C(=O)N(Cc3ccc4c(c3)OCO4)C(=O)[C@@H]2[C@H]2c3ccccc3C=CN12. The van der Waals surface area contributed by atoms with Gasteiger partial charge in [0.15, 0.2) is 17.3 Å². The standard InChI is InChI=1S/C29H22N2O5/c32-27(19-7-2-1-3-8-19)26-24-23(25-20-9-5-4-6-18(20)12-13-30(25)26)28(33)31(29(24)34)15-17-10-11-21-22(14-17)36-16-35-21/h1-14,23-26H,15-16H2/t23-,24+,25+,26-/m0/s1. The molecule has 36 heavy (non-hydrogen) atoms. The Morgan fingerprint density at radius 1 is 0.861 bits per heavy atom. The third-order valence-electron chi connectivity index (χ3n) is 7.66. The zero-order chi connectivity index (χ0) is 24.4. The van der Waals surface area contributed by atoms with Gasteiger partial charge in [-0.05, 0) is 34.9 Å². The van der Waals surface area contributed by atoms with Crippen LogP contribution in [0.3, 0.4) is 0 Å². The predicted molar refractivity (Wildman–Crippen MR) is 130 cm³/mol. The van der Waals surface area contributed by atoms with E-state index >= 15 is 0 Å². The maximum absolute atomic E-state index is 13.9. The molecule has 4 atom stereocenters. The normalized spacial score (nSPS) is 25.1. The second-order valence-electron chi connectivity index (χ2n) is 9.51. The van der Waals surface area contributed by atoms with Crippen molar-refractivity contribution < 1.29 is 23.9 Å². The molecule has 7 nitrogen and oxygen atoms in total. The smallest absolute Gasteiger partial charge is 0.236 e. The number of rotatable bonds is 4. The van der Waals surface area contributed by atoms with Gasteiger partial charge in [0.1, 0.15) is 6.04 Å². The lowest BCUT2D eigenvalue weighted by Crippen LogP contribution is -2.44. The van der Waals surface area contributed by atoms with Crippen LogP contribution in [-0.4, -0.2) is 40.2 Å². The number of amides is 2. The molecule has 2 amide bonds. The van der Waals surface area contributed by atoms with E-state index in [4.69, 9.17) is 9.47 Å². The highest BCUT2D eigenvalue weighted by atomic mass is 16.7. The van der Waals surface area contributed by atoms with Gasteiger partial charge in [-0.15, -0.1) is 0 Å². The quantitative estimate of drug-likeness (QED) is 0.419. The van der Waals surface area contributed by atoms with Crippen molar-refractivity contribution in [3.05, 3.63) is 101 Å². The highest BCUT2D eigenvalue weighted by molar-refractivity contribution is 6.12. The van der Waals surface area contributed by atoms with Crippen LogP contribution in [0.25, 0.3) is 6.08 Å². The van der Waals surface area contributed by atoms with Gasteiger partial charge < -0.3 is 14.4 Å².